The second-order valence-electron chi connectivity index (χ2n) is 5.08. The van der Waals surface area contributed by atoms with Crippen molar-refractivity contribution in [1.29, 1.82) is 0 Å². The first-order valence-electron chi connectivity index (χ1n) is 7.60. The molecule has 0 fully saturated rings. The molecule has 1 N–H and O–H groups in total. The lowest BCUT2D eigenvalue weighted by molar-refractivity contribution is 0.0953. The third kappa shape index (κ3) is 3.51. The average molecular weight is 310 g/mol. The quantitative estimate of drug-likeness (QED) is 0.697. The normalized spacial score (nSPS) is 13.5. The third-order valence-corrected chi connectivity index (χ3v) is 3.54. The zero-order chi connectivity index (χ0) is 16.1. The van der Waals surface area contributed by atoms with E-state index in [0.717, 1.165) is 17.7 Å². The van der Waals surface area contributed by atoms with Crippen molar-refractivity contribution in [1.82, 2.24) is 5.43 Å². The number of carbonyl (C=O) groups is 1. The molecule has 0 spiro atoms. The third-order valence-electron chi connectivity index (χ3n) is 3.54. The van der Waals surface area contributed by atoms with E-state index < -0.39 is 0 Å². The largest absolute Gasteiger partial charge is 0.486 e. The van der Waals surface area contributed by atoms with Crippen molar-refractivity contribution in [3.63, 3.8) is 0 Å². The van der Waals surface area contributed by atoms with Crippen molar-refractivity contribution in [2.75, 3.05) is 13.2 Å². The molecule has 1 aliphatic rings. The fourth-order valence-electron chi connectivity index (χ4n) is 2.35. The summed E-state index contributed by atoms with van der Waals surface area (Å²) in [7, 11) is 0. The van der Waals surface area contributed by atoms with Crippen LogP contribution in [0.3, 0.4) is 0 Å². The number of hydrazone groups is 1. The summed E-state index contributed by atoms with van der Waals surface area (Å²) in [5, 5.41) is 4.25. The Morgan fingerprint density at radius 1 is 1.04 bits per heavy atom. The van der Waals surface area contributed by atoms with E-state index in [1.54, 1.807) is 18.2 Å². The standard InChI is InChI=1S/C18H18N2O3/c1-2-15(13-6-4-3-5-7-13)19-20-18(21)14-8-9-16-17(12-14)23-11-10-22-16/h3-9,12H,2,10-11H2,1H3,(H,20,21)/b19-15-. The number of nitrogens with zero attached hydrogens (tertiary/aromatic N) is 1. The van der Waals surface area contributed by atoms with Crippen LogP contribution in [0.1, 0.15) is 29.3 Å². The highest BCUT2D eigenvalue weighted by atomic mass is 16.6. The average Bonchev–Trinajstić information content (AvgIpc) is 2.62. The Balaban J connectivity index is 1.75. The Morgan fingerprint density at radius 2 is 1.78 bits per heavy atom. The van der Waals surface area contributed by atoms with E-state index >= 15 is 0 Å². The minimum absolute atomic E-state index is 0.274. The van der Waals surface area contributed by atoms with Crippen molar-refractivity contribution in [2.24, 2.45) is 5.10 Å². The van der Waals surface area contributed by atoms with Gasteiger partial charge in [-0.15, -0.1) is 0 Å². The van der Waals surface area contributed by atoms with Crippen LogP contribution in [0.4, 0.5) is 0 Å². The first-order chi connectivity index (χ1) is 11.3. The number of rotatable bonds is 4. The summed E-state index contributed by atoms with van der Waals surface area (Å²) < 4.78 is 10.9. The van der Waals surface area contributed by atoms with Gasteiger partial charge in [-0.2, -0.15) is 5.10 Å². The van der Waals surface area contributed by atoms with Crippen LogP contribution in [-0.4, -0.2) is 24.8 Å². The van der Waals surface area contributed by atoms with E-state index in [1.807, 2.05) is 37.3 Å². The molecule has 23 heavy (non-hydrogen) atoms. The van der Waals surface area contributed by atoms with Gasteiger partial charge >= 0.3 is 0 Å². The molecule has 0 atom stereocenters. The maximum atomic E-state index is 12.3. The van der Waals surface area contributed by atoms with Crippen molar-refractivity contribution < 1.29 is 14.3 Å². The van der Waals surface area contributed by atoms with E-state index in [1.165, 1.54) is 0 Å². The number of fused-ring (bicyclic) bond motifs is 1. The molecular formula is C18H18N2O3. The molecule has 1 amide bonds. The Kier molecular flexibility index (Phi) is 4.57. The summed E-state index contributed by atoms with van der Waals surface area (Å²) in [4.78, 5) is 12.3. The van der Waals surface area contributed by atoms with Gasteiger partial charge in [0.05, 0.1) is 5.71 Å². The van der Waals surface area contributed by atoms with Gasteiger partial charge in [0.2, 0.25) is 0 Å². The molecule has 1 heterocycles. The van der Waals surface area contributed by atoms with Gasteiger partial charge in [0, 0.05) is 5.56 Å². The highest BCUT2D eigenvalue weighted by Crippen LogP contribution is 2.30. The lowest BCUT2D eigenvalue weighted by atomic mass is 10.1. The number of carbonyl (C=O) groups excluding carboxylic acids is 1. The Hall–Kier alpha value is -2.82. The van der Waals surface area contributed by atoms with Gasteiger partial charge in [-0.3, -0.25) is 4.79 Å². The SMILES string of the molecule is CC/C(=N/NC(=O)c1ccc2c(c1)OCCO2)c1ccccc1. The maximum absolute atomic E-state index is 12.3. The number of ether oxygens (including phenoxy) is 2. The maximum Gasteiger partial charge on any atom is 0.271 e. The fraction of sp³-hybridized carbons (Fsp3) is 0.222. The lowest BCUT2D eigenvalue weighted by Crippen LogP contribution is -2.21. The van der Waals surface area contributed by atoms with Crippen molar-refractivity contribution >= 4 is 11.6 Å². The number of nitrogens with one attached hydrogen (secondary N) is 1. The minimum atomic E-state index is -0.274. The topological polar surface area (TPSA) is 59.9 Å². The van der Waals surface area contributed by atoms with Crippen LogP contribution >= 0.6 is 0 Å². The van der Waals surface area contributed by atoms with Crippen LogP contribution in [0.25, 0.3) is 0 Å². The Bertz CT molecular complexity index is 726. The van der Waals surface area contributed by atoms with Gasteiger partial charge in [0.1, 0.15) is 13.2 Å². The molecule has 1 aliphatic heterocycles. The fourth-order valence-corrected chi connectivity index (χ4v) is 2.35. The molecule has 118 valence electrons. The molecule has 5 heteroatoms. The minimum Gasteiger partial charge on any atom is -0.486 e. The molecule has 2 aromatic rings. The summed E-state index contributed by atoms with van der Waals surface area (Å²) in [6.45, 7) is 3.02. The number of hydrogen-bond donors (Lipinski definition) is 1. The second-order valence-corrected chi connectivity index (χ2v) is 5.08. The molecule has 0 aromatic heterocycles. The molecule has 2 aromatic carbocycles. The monoisotopic (exact) mass is 310 g/mol. The Labute approximate surface area is 134 Å². The highest BCUT2D eigenvalue weighted by molar-refractivity contribution is 6.02. The van der Waals surface area contributed by atoms with Gasteiger partial charge in [-0.05, 0) is 30.2 Å². The molecule has 0 bridgehead atoms. The van der Waals surface area contributed by atoms with E-state index in [-0.39, 0.29) is 5.91 Å². The molecule has 0 unspecified atom stereocenters. The van der Waals surface area contributed by atoms with Gasteiger partial charge in [-0.1, -0.05) is 37.3 Å². The van der Waals surface area contributed by atoms with E-state index in [0.29, 0.717) is 30.3 Å². The predicted molar refractivity (Wildman–Crippen MR) is 88.2 cm³/mol. The summed E-state index contributed by atoms with van der Waals surface area (Å²) in [6.07, 6.45) is 0.728. The van der Waals surface area contributed by atoms with Gasteiger partial charge < -0.3 is 9.47 Å². The highest BCUT2D eigenvalue weighted by Gasteiger charge is 2.14. The van der Waals surface area contributed by atoms with Gasteiger partial charge in [0.25, 0.3) is 5.91 Å². The van der Waals surface area contributed by atoms with Crippen molar-refractivity contribution in [3.8, 4) is 11.5 Å². The van der Waals surface area contributed by atoms with E-state index in [2.05, 4.69) is 10.5 Å². The van der Waals surface area contributed by atoms with Crippen LogP contribution in [0.2, 0.25) is 0 Å². The van der Waals surface area contributed by atoms with Crippen LogP contribution in [0, 0.1) is 0 Å². The first-order valence-corrected chi connectivity index (χ1v) is 7.60. The molecule has 0 aliphatic carbocycles. The molecule has 0 saturated heterocycles. The summed E-state index contributed by atoms with van der Waals surface area (Å²) >= 11 is 0. The van der Waals surface area contributed by atoms with Crippen LogP contribution in [0.15, 0.2) is 53.6 Å². The predicted octanol–water partition coefficient (Wildman–Crippen LogP) is 3.00. The van der Waals surface area contributed by atoms with Crippen LogP contribution in [-0.2, 0) is 0 Å². The molecule has 5 nitrogen and oxygen atoms in total. The summed E-state index contributed by atoms with van der Waals surface area (Å²) in [6, 6.07) is 14.9. The molecule has 0 saturated carbocycles. The number of amides is 1. The van der Waals surface area contributed by atoms with Crippen molar-refractivity contribution in [2.45, 2.75) is 13.3 Å². The molecule has 3 rings (SSSR count). The van der Waals surface area contributed by atoms with E-state index in [9.17, 15) is 4.79 Å². The van der Waals surface area contributed by atoms with Crippen LogP contribution < -0.4 is 14.9 Å². The lowest BCUT2D eigenvalue weighted by Gasteiger charge is -2.18. The second kappa shape index (κ2) is 6.96. The summed E-state index contributed by atoms with van der Waals surface area (Å²) in [5.41, 5.74) is 4.92. The number of hydrogen-bond acceptors (Lipinski definition) is 4. The first kappa shape index (κ1) is 15.1. The molecule has 0 radical (unpaired) electrons. The van der Waals surface area contributed by atoms with Gasteiger partial charge in [-0.25, -0.2) is 5.43 Å². The molecular weight excluding hydrogens is 292 g/mol. The van der Waals surface area contributed by atoms with Crippen molar-refractivity contribution in [3.05, 3.63) is 59.7 Å². The van der Waals surface area contributed by atoms with E-state index in [4.69, 9.17) is 9.47 Å². The number of benzene rings is 2. The zero-order valence-electron chi connectivity index (χ0n) is 12.9. The Morgan fingerprint density at radius 3 is 2.52 bits per heavy atom. The van der Waals surface area contributed by atoms with Gasteiger partial charge in [0.15, 0.2) is 11.5 Å². The summed E-state index contributed by atoms with van der Waals surface area (Å²) in [5.74, 6) is 0.977. The smallest absolute Gasteiger partial charge is 0.271 e. The van der Waals surface area contributed by atoms with Crippen LogP contribution in [0.5, 0.6) is 11.5 Å². The zero-order valence-corrected chi connectivity index (χ0v) is 12.9.